The fraction of sp³-hybridized carbons (Fsp3) is 0.933. The Balaban J connectivity index is 1.91. The van der Waals surface area contributed by atoms with Gasteiger partial charge in [-0.1, -0.05) is 6.42 Å². The number of hydrogen-bond acceptors (Lipinski definition) is 3. The van der Waals surface area contributed by atoms with Gasteiger partial charge in [0.1, 0.15) is 5.54 Å². The Morgan fingerprint density at radius 3 is 2.32 bits per heavy atom. The first-order valence-corrected chi connectivity index (χ1v) is 7.69. The van der Waals surface area contributed by atoms with Crippen molar-refractivity contribution in [2.24, 2.45) is 0 Å². The highest BCUT2D eigenvalue weighted by Gasteiger charge is 2.39. The molecule has 0 aromatic heterocycles. The molecule has 1 aliphatic heterocycles. The average molecular weight is 268 g/mol. The number of nitrogens with one attached hydrogen (secondary N) is 1. The second kappa shape index (κ2) is 5.80. The molecule has 110 valence electrons. The summed E-state index contributed by atoms with van der Waals surface area (Å²) in [6.07, 6.45) is 6.72. The van der Waals surface area contributed by atoms with Crippen LogP contribution in [0.1, 0.15) is 59.3 Å². The molecule has 0 amide bonds. The highest BCUT2D eigenvalue weighted by atomic mass is 16.4. The van der Waals surface area contributed by atoms with E-state index in [9.17, 15) is 9.90 Å². The maximum absolute atomic E-state index is 11.5. The number of rotatable bonds is 6. The standard InChI is InChI=1S/C15H28N2O2/c1-11-5-4-6-12(2)17(11)10-9-15(3,14(18)19)16-13-7-8-13/h11-13,16H,4-10H2,1-3H3,(H,18,19). The van der Waals surface area contributed by atoms with Gasteiger partial charge in [-0.25, -0.2) is 0 Å². The predicted octanol–water partition coefficient (Wildman–Crippen LogP) is 2.23. The lowest BCUT2D eigenvalue weighted by atomic mass is 9.93. The van der Waals surface area contributed by atoms with Crippen molar-refractivity contribution < 1.29 is 9.90 Å². The number of carbonyl (C=O) groups is 1. The van der Waals surface area contributed by atoms with E-state index >= 15 is 0 Å². The summed E-state index contributed by atoms with van der Waals surface area (Å²) in [6, 6.07) is 1.60. The molecule has 2 fully saturated rings. The normalized spacial score (nSPS) is 31.9. The minimum absolute atomic E-state index is 0.428. The molecule has 2 aliphatic rings. The highest BCUT2D eigenvalue weighted by molar-refractivity contribution is 5.78. The molecule has 2 rings (SSSR count). The predicted molar refractivity (Wildman–Crippen MR) is 76.3 cm³/mol. The van der Waals surface area contributed by atoms with Gasteiger partial charge in [0, 0.05) is 24.7 Å². The number of carboxylic acid groups (broad SMARTS) is 1. The van der Waals surface area contributed by atoms with Crippen LogP contribution in [-0.2, 0) is 4.79 Å². The van der Waals surface area contributed by atoms with Gasteiger partial charge in [-0.2, -0.15) is 0 Å². The zero-order chi connectivity index (χ0) is 14.0. The van der Waals surface area contributed by atoms with Crippen molar-refractivity contribution in [3.63, 3.8) is 0 Å². The zero-order valence-corrected chi connectivity index (χ0v) is 12.5. The van der Waals surface area contributed by atoms with Crippen molar-refractivity contribution in [3.05, 3.63) is 0 Å². The van der Waals surface area contributed by atoms with E-state index in [1.165, 1.54) is 19.3 Å². The van der Waals surface area contributed by atoms with Gasteiger partial charge in [-0.15, -0.1) is 0 Å². The van der Waals surface area contributed by atoms with Crippen LogP contribution in [0.4, 0.5) is 0 Å². The number of likely N-dealkylation sites (tertiary alicyclic amines) is 1. The van der Waals surface area contributed by atoms with E-state index in [-0.39, 0.29) is 0 Å². The molecule has 1 heterocycles. The Hall–Kier alpha value is -0.610. The Kier molecular flexibility index (Phi) is 4.51. The van der Waals surface area contributed by atoms with E-state index in [4.69, 9.17) is 0 Å². The third-order valence-electron chi connectivity index (χ3n) is 4.82. The molecule has 1 saturated carbocycles. The fourth-order valence-electron chi connectivity index (χ4n) is 3.19. The number of nitrogens with zero attached hydrogens (tertiary/aromatic N) is 1. The monoisotopic (exact) mass is 268 g/mol. The zero-order valence-electron chi connectivity index (χ0n) is 12.5. The summed E-state index contributed by atoms with van der Waals surface area (Å²) < 4.78 is 0. The average Bonchev–Trinajstić information content (AvgIpc) is 3.12. The molecule has 2 N–H and O–H groups in total. The van der Waals surface area contributed by atoms with Crippen molar-refractivity contribution in [2.45, 2.75) is 83.0 Å². The molecule has 0 radical (unpaired) electrons. The molecular weight excluding hydrogens is 240 g/mol. The third-order valence-corrected chi connectivity index (χ3v) is 4.82. The summed E-state index contributed by atoms with van der Waals surface area (Å²) in [7, 11) is 0. The molecule has 1 saturated heterocycles. The van der Waals surface area contributed by atoms with E-state index in [1.54, 1.807) is 0 Å². The SMILES string of the molecule is CC1CCCC(C)N1CCC(C)(NC1CC1)C(=O)O. The van der Waals surface area contributed by atoms with Crippen molar-refractivity contribution in [2.75, 3.05) is 6.54 Å². The Labute approximate surface area is 116 Å². The van der Waals surface area contributed by atoms with Crippen LogP contribution in [-0.4, -0.2) is 46.2 Å². The van der Waals surface area contributed by atoms with Gasteiger partial charge in [0.25, 0.3) is 0 Å². The van der Waals surface area contributed by atoms with Crippen molar-refractivity contribution in [1.82, 2.24) is 10.2 Å². The largest absolute Gasteiger partial charge is 0.480 e. The molecular formula is C15H28N2O2. The molecule has 3 atom stereocenters. The minimum atomic E-state index is -0.766. The van der Waals surface area contributed by atoms with Crippen LogP contribution in [0.25, 0.3) is 0 Å². The van der Waals surface area contributed by atoms with E-state index < -0.39 is 11.5 Å². The number of hydrogen-bond donors (Lipinski definition) is 2. The second-order valence-corrected chi connectivity index (χ2v) is 6.67. The van der Waals surface area contributed by atoms with Crippen LogP contribution >= 0.6 is 0 Å². The number of piperidine rings is 1. The van der Waals surface area contributed by atoms with E-state index in [1.807, 2.05) is 6.92 Å². The fourth-order valence-corrected chi connectivity index (χ4v) is 3.19. The molecule has 4 heteroatoms. The van der Waals surface area contributed by atoms with Crippen LogP contribution in [0.15, 0.2) is 0 Å². The summed E-state index contributed by atoms with van der Waals surface area (Å²) in [6.45, 7) is 7.25. The third kappa shape index (κ3) is 3.69. The molecule has 1 aliphatic carbocycles. The van der Waals surface area contributed by atoms with E-state index in [0.717, 1.165) is 19.4 Å². The first-order valence-electron chi connectivity index (χ1n) is 7.69. The lowest BCUT2D eigenvalue weighted by molar-refractivity contribution is -0.144. The van der Waals surface area contributed by atoms with Crippen molar-refractivity contribution in [1.29, 1.82) is 0 Å². The van der Waals surface area contributed by atoms with Gasteiger partial charge in [-0.3, -0.25) is 15.0 Å². The van der Waals surface area contributed by atoms with Gasteiger partial charge < -0.3 is 5.11 Å². The van der Waals surface area contributed by atoms with E-state index in [0.29, 0.717) is 24.5 Å². The summed E-state index contributed by atoms with van der Waals surface area (Å²) in [4.78, 5) is 14.0. The summed E-state index contributed by atoms with van der Waals surface area (Å²) in [5, 5.41) is 12.8. The van der Waals surface area contributed by atoms with Gasteiger partial charge in [0.2, 0.25) is 0 Å². The molecule has 0 aromatic carbocycles. The number of aliphatic carboxylic acids is 1. The molecule has 0 aromatic rings. The van der Waals surface area contributed by atoms with Crippen LogP contribution in [0.2, 0.25) is 0 Å². The first kappa shape index (κ1) is 14.8. The lowest BCUT2D eigenvalue weighted by Crippen LogP contribution is -2.54. The molecule has 4 nitrogen and oxygen atoms in total. The number of carboxylic acids is 1. The Morgan fingerprint density at radius 2 is 1.84 bits per heavy atom. The van der Waals surface area contributed by atoms with Gasteiger partial charge >= 0.3 is 5.97 Å². The summed E-state index contributed by atoms with van der Waals surface area (Å²) in [5.74, 6) is -0.711. The maximum atomic E-state index is 11.5. The highest BCUT2D eigenvalue weighted by Crippen LogP contribution is 2.27. The Bertz CT molecular complexity index is 320. The van der Waals surface area contributed by atoms with Crippen LogP contribution in [0.3, 0.4) is 0 Å². The first-order chi connectivity index (χ1) is 8.92. The van der Waals surface area contributed by atoms with Gasteiger partial charge in [-0.05, 0) is 52.9 Å². The van der Waals surface area contributed by atoms with Crippen LogP contribution in [0, 0.1) is 0 Å². The molecule has 0 spiro atoms. The van der Waals surface area contributed by atoms with Crippen molar-refractivity contribution >= 4 is 5.97 Å². The topological polar surface area (TPSA) is 52.6 Å². The van der Waals surface area contributed by atoms with E-state index in [2.05, 4.69) is 24.1 Å². The summed E-state index contributed by atoms with van der Waals surface area (Å²) >= 11 is 0. The lowest BCUT2D eigenvalue weighted by Gasteiger charge is -2.40. The Morgan fingerprint density at radius 1 is 1.26 bits per heavy atom. The minimum Gasteiger partial charge on any atom is -0.480 e. The second-order valence-electron chi connectivity index (χ2n) is 6.67. The van der Waals surface area contributed by atoms with Crippen LogP contribution < -0.4 is 5.32 Å². The molecule has 19 heavy (non-hydrogen) atoms. The molecule has 0 bridgehead atoms. The summed E-state index contributed by atoms with van der Waals surface area (Å²) in [5.41, 5.74) is -0.766. The van der Waals surface area contributed by atoms with Gasteiger partial charge in [0.05, 0.1) is 0 Å². The van der Waals surface area contributed by atoms with Crippen LogP contribution in [0.5, 0.6) is 0 Å². The maximum Gasteiger partial charge on any atom is 0.323 e. The van der Waals surface area contributed by atoms with Gasteiger partial charge in [0.15, 0.2) is 0 Å². The quantitative estimate of drug-likeness (QED) is 0.775. The molecule has 3 unspecified atom stereocenters. The smallest absolute Gasteiger partial charge is 0.323 e. The van der Waals surface area contributed by atoms with Crippen molar-refractivity contribution in [3.8, 4) is 0 Å².